The molecule has 1 amide bonds. The number of likely N-dealkylation sites (N-methyl/N-ethyl adjacent to an activating group) is 1. The first-order valence-electron chi connectivity index (χ1n) is 36.9. The number of unbranched alkanes of at least 4 members (excludes halogenated alkanes) is 36. The van der Waals surface area contributed by atoms with Gasteiger partial charge in [0.1, 0.15) is 13.2 Å². The molecule has 2 N–H and O–H groups in total. The predicted octanol–water partition coefficient (Wildman–Crippen LogP) is 23.4. The second kappa shape index (κ2) is 68.3. The average Bonchev–Trinajstić information content (AvgIpc) is 3.64. The number of hydrogen-bond donors (Lipinski definition) is 2. The Morgan fingerprint density at radius 3 is 1.06 bits per heavy atom. The van der Waals surface area contributed by atoms with Gasteiger partial charge in [-0.2, -0.15) is 0 Å². The molecule has 0 aromatic heterocycles. The molecule has 0 aliphatic carbocycles. The summed E-state index contributed by atoms with van der Waals surface area (Å²) in [5.41, 5.74) is 0. The Balaban J connectivity index is 4.13. The molecule has 0 spiro atoms. The highest BCUT2D eigenvalue weighted by molar-refractivity contribution is 7.45. The molecule has 0 rings (SSSR count). The summed E-state index contributed by atoms with van der Waals surface area (Å²) >= 11 is 0. The van der Waals surface area contributed by atoms with Crippen molar-refractivity contribution in [1.82, 2.24) is 5.32 Å². The van der Waals surface area contributed by atoms with Gasteiger partial charge in [0.15, 0.2) is 0 Å². The summed E-state index contributed by atoms with van der Waals surface area (Å²) in [5.74, 6) is -0.213. The fourth-order valence-corrected chi connectivity index (χ4v) is 11.2. The van der Waals surface area contributed by atoms with Gasteiger partial charge < -0.3 is 28.8 Å². The highest BCUT2D eigenvalue weighted by atomic mass is 31.2. The average molecular weight is 1250 g/mol. The molecule has 0 bridgehead atoms. The summed E-state index contributed by atoms with van der Waals surface area (Å²) in [6.45, 7) is 4.54. The maximum absolute atomic E-state index is 13.1. The molecule has 0 aliphatic rings. The molecule has 0 aliphatic heterocycles. The van der Waals surface area contributed by atoms with Gasteiger partial charge in [-0.05, 0) is 96.3 Å². The number of rotatable bonds is 67. The first-order chi connectivity index (χ1) is 43.0. The third-order valence-corrected chi connectivity index (χ3v) is 17.1. The van der Waals surface area contributed by atoms with Crippen LogP contribution in [0.3, 0.4) is 0 Å². The van der Waals surface area contributed by atoms with Crippen molar-refractivity contribution in [2.75, 3.05) is 40.9 Å². The van der Waals surface area contributed by atoms with Crippen LogP contribution >= 0.6 is 7.82 Å². The van der Waals surface area contributed by atoms with E-state index in [0.29, 0.717) is 17.4 Å². The number of nitrogens with zero attached hydrogens (tertiary/aromatic N) is 1. The molecular weight excluding hydrogens is 1100 g/mol. The molecule has 3 unspecified atom stereocenters. The lowest BCUT2D eigenvalue weighted by Gasteiger charge is -2.29. The minimum Gasteiger partial charge on any atom is -0.756 e. The first kappa shape index (κ1) is 84.9. The van der Waals surface area contributed by atoms with Crippen molar-refractivity contribution in [3.05, 3.63) is 122 Å². The summed E-state index contributed by atoms with van der Waals surface area (Å²) in [7, 11) is 1.23. The minimum absolute atomic E-state index is 0.0123. The molecule has 0 aromatic carbocycles. The van der Waals surface area contributed by atoms with E-state index in [1.165, 1.54) is 205 Å². The molecule has 8 nitrogen and oxygen atoms in total. The summed E-state index contributed by atoms with van der Waals surface area (Å²) in [5, 5.41) is 14.0. The highest BCUT2D eigenvalue weighted by Gasteiger charge is 2.23. The zero-order valence-corrected chi connectivity index (χ0v) is 59.0. The van der Waals surface area contributed by atoms with E-state index in [1.807, 2.05) is 27.2 Å². The van der Waals surface area contributed by atoms with E-state index in [1.54, 1.807) is 6.08 Å². The van der Waals surface area contributed by atoms with Crippen LogP contribution in [0.25, 0.3) is 0 Å². The van der Waals surface area contributed by atoms with Crippen molar-refractivity contribution < 1.29 is 32.9 Å². The van der Waals surface area contributed by atoms with E-state index >= 15 is 0 Å². The van der Waals surface area contributed by atoms with Crippen LogP contribution in [-0.4, -0.2) is 68.5 Å². The van der Waals surface area contributed by atoms with E-state index in [0.717, 1.165) is 96.3 Å². The van der Waals surface area contributed by atoms with Crippen LogP contribution in [-0.2, 0) is 18.4 Å². The van der Waals surface area contributed by atoms with E-state index < -0.39 is 26.6 Å². The van der Waals surface area contributed by atoms with Crippen LogP contribution in [0.15, 0.2) is 122 Å². The van der Waals surface area contributed by atoms with Crippen LogP contribution < -0.4 is 10.2 Å². The van der Waals surface area contributed by atoms with Crippen molar-refractivity contribution in [3.8, 4) is 0 Å². The molecule has 9 heteroatoms. The number of aliphatic hydroxyl groups is 1. The van der Waals surface area contributed by atoms with Crippen LogP contribution in [0.4, 0.5) is 0 Å². The van der Waals surface area contributed by atoms with E-state index in [9.17, 15) is 19.4 Å². The van der Waals surface area contributed by atoms with E-state index in [-0.39, 0.29) is 12.5 Å². The van der Waals surface area contributed by atoms with Crippen LogP contribution in [0.5, 0.6) is 0 Å². The Morgan fingerprint density at radius 1 is 0.409 bits per heavy atom. The molecule has 0 heterocycles. The molecule has 88 heavy (non-hydrogen) atoms. The fourth-order valence-electron chi connectivity index (χ4n) is 10.5. The predicted molar refractivity (Wildman–Crippen MR) is 385 cm³/mol. The Bertz CT molecular complexity index is 1850. The van der Waals surface area contributed by atoms with Crippen molar-refractivity contribution in [2.45, 2.75) is 334 Å². The smallest absolute Gasteiger partial charge is 0.268 e. The van der Waals surface area contributed by atoms with Crippen LogP contribution in [0.2, 0.25) is 0 Å². The summed E-state index contributed by atoms with van der Waals surface area (Å²) in [6.07, 6.45) is 102. The Hall–Kier alpha value is -3.10. The molecule has 3 atom stereocenters. The normalized spacial score (nSPS) is 14.3. The summed E-state index contributed by atoms with van der Waals surface area (Å²) < 4.78 is 23.5. The molecule has 0 saturated carbocycles. The van der Waals surface area contributed by atoms with Gasteiger partial charge in [0.2, 0.25) is 5.91 Å². The molecule has 508 valence electrons. The van der Waals surface area contributed by atoms with Crippen LogP contribution in [0, 0.1) is 0 Å². The van der Waals surface area contributed by atoms with Gasteiger partial charge in [0.05, 0.1) is 39.9 Å². The number of phosphoric acid groups is 1. The van der Waals surface area contributed by atoms with Crippen molar-refractivity contribution in [2.24, 2.45) is 0 Å². The van der Waals surface area contributed by atoms with Gasteiger partial charge in [-0.1, -0.05) is 341 Å². The molecule has 0 fully saturated rings. The van der Waals surface area contributed by atoms with E-state index in [4.69, 9.17) is 9.05 Å². The Morgan fingerprint density at radius 2 is 0.705 bits per heavy atom. The topological polar surface area (TPSA) is 108 Å². The third-order valence-electron chi connectivity index (χ3n) is 16.2. The van der Waals surface area contributed by atoms with Gasteiger partial charge in [0, 0.05) is 6.42 Å². The Labute approximate surface area is 545 Å². The SMILES string of the molecule is CC/C=C\C/C=C\C/C=C\C/C=C\C/C=C\C/C=C\C/C=C\C/C=C\CCCCCCCCCCCCC(=O)NC(COP(=O)([O-])OCC[N+](C)(C)C)C(O)/C=C/CC/C=C/CCCCCCCCCCCCCCCCCCCCCCCCCCC. The molecule has 0 radical (unpaired) electrons. The minimum atomic E-state index is -4.62. The number of nitrogens with one attached hydrogen (secondary N) is 1. The zero-order valence-electron chi connectivity index (χ0n) is 58.1. The number of phosphoric ester groups is 1. The van der Waals surface area contributed by atoms with Crippen molar-refractivity contribution in [1.29, 1.82) is 0 Å². The van der Waals surface area contributed by atoms with Gasteiger partial charge in [-0.25, -0.2) is 0 Å². The number of allylic oxidation sites excluding steroid dienone is 19. The lowest BCUT2D eigenvalue weighted by atomic mass is 10.0. The zero-order chi connectivity index (χ0) is 64.1. The quantitative estimate of drug-likeness (QED) is 0.0272. The largest absolute Gasteiger partial charge is 0.756 e. The lowest BCUT2D eigenvalue weighted by molar-refractivity contribution is -0.870. The van der Waals surface area contributed by atoms with Crippen molar-refractivity contribution >= 4 is 13.7 Å². The number of aliphatic hydroxyl groups excluding tert-OH is 1. The third kappa shape index (κ3) is 70.4. The highest BCUT2D eigenvalue weighted by Crippen LogP contribution is 2.38. The maximum Gasteiger partial charge on any atom is 0.268 e. The van der Waals surface area contributed by atoms with E-state index in [2.05, 4.69) is 129 Å². The first-order valence-corrected chi connectivity index (χ1v) is 38.4. The van der Waals surface area contributed by atoms with Crippen molar-refractivity contribution in [3.63, 3.8) is 0 Å². The Kier molecular flexibility index (Phi) is 65.9. The molecule has 0 saturated heterocycles. The summed E-state index contributed by atoms with van der Waals surface area (Å²) in [6, 6.07) is -0.916. The second-order valence-corrected chi connectivity index (χ2v) is 27.3. The monoisotopic (exact) mass is 1250 g/mol. The van der Waals surface area contributed by atoms with Gasteiger partial charge in [0.25, 0.3) is 7.82 Å². The number of amides is 1. The number of quaternary nitrogens is 1. The number of carbonyl (C=O) groups excluding carboxylic acids is 1. The lowest BCUT2D eigenvalue weighted by Crippen LogP contribution is -2.45. The fraction of sp³-hybridized carbons (Fsp3) is 0.734. The second-order valence-electron chi connectivity index (χ2n) is 25.9. The maximum atomic E-state index is 13.1. The van der Waals surface area contributed by atoms with Gasteiger partial charge in [-0.3, -0.25) is 9.36 Å². The van der Waals surface area contributed by atoms with Gasteiger partial charge >= 0.3 is 0 Å². The number of hydrogen-bond acceptors (Lipinski definition) is 6. The standard InChI is InChI=1S/C79H141N2O6P/c1-6-8-10-12-14-16-18-20-22-24-26-28-30-32-34-36-38-39-40-41-43-45-47-49-51-53-55-57-59-61-63-65-67-69-71-73-79(83)80-77(76-87-88(84,85)86-75-74-81(3,4)5)78(82)72-70-68-66-64-62-60-58-56-54-52-50-48-46-44-42-37-35-33-31-29-27-25-23-21-19-17-15-13-11-9-7-2/h8,10,14,16,20,22,26,28,32,34,38-39,41,43,47,49,62,64,70,72,77-78,82H,6-7,9,11-13,15,17-19,21,23-25,27,29-31,33,35-37,40,42,44-46,48,50-61,63,65-69,71,73-76H2,1-5H3,(H-,80,83,84,85)/b10-8-,16-14-,22-20-,28-26-,34-32-,39-38-,43-41-,49-47-,64-62+,72-70+. The molecular formula is C79H141N2O6P. The van der Waals surface area contributed by atoms with Crippen LogP contribution in [0.1, 0.15) is 322 Å². The molecule has 0 aromatic rings. The van der Waals surface area contributed by atoms with Gasteiger partial charge in [-0.15, -0.1) is 0 Å². The number of carbonyl (C=O) groups is 1. The summed E-state index contributed by atoms with van der Waals surface area (Å²) in [4.78, 5) is 25.7.